The normalized spacial score (nSPS) is 22.9. The first kappa shape index (κ1) is 9.65. The Morgan fingerprint density at radius 3 is 3.17 bits per heavy atom. The summed E-state index contributed by atoms with van der Waals surface area (Å²) in [5.41, 5.74) is 9.65. The maximum atomic E-state index is 11.2. The standard InChI is InChI=1S/C14H11N3O/c15-13(18)12-7-17-6-8-5-11(8)9-3-1-2-4-10(9)14(17)16-12/h1-4,6-7,10H,5H2,(H2,15,18). The molecule has 0 bridgehead atoms. The molecule has 4 rings (SSSR count). The first-order valence-electron chi connectivity index (χ1n) is 5.91. The van der Waals surface area contributed by atoms with Crippen molar-refractivity contribution in [3.05, 3.63) is 58.7 Å². The third kappa shape index (κ3) is 1.20. The van der Waals surface area contributed by atoms with Crippen LogP contribution in [-0.4, -0.2) is 15.5 Å². The number of carbonyl (C=O) groups excluding carboxylic acids is 1. The molecule has 1 atom stereocenters. The van der Waals surface area contributed by atoms with E-state index in [1.54, 1.807) is 6.20 Å². The molecule has 0 radical (unpaired) electrons. The fourth-order valence-corrected chi connectivity index (χ4v) is 2.64. The van der Waals surface area contributed by atoms with Gasteiger partial charge in [-0.25, -0.2) is 4.98 Å². The second-order valence-corrected chi connectivity index (χ2v) is 4.74. The van der Waals surface area contributed by atoms with Crippen molar-refractivity contribution < 1.29 is 4.79 Å². The van der Waals surface area contributed by atoms with Gasteiger partial charge in [0.05, 0.1) is 5.92 Å². The van der Waals surface area contributed by atoms with Crippen LogP contribution in [0.3, 0.4) is 0 Å². The van der Waals surface area contributed by atoms with E-state index in [0.717, 1.165) is 12.2 Å². The predicted molar refractivity (Wildman–Crippen MR) is 67.7 cm³/mol. The smallest absolute Gasteiger partial charge is 0.268 e. The van der Waals surface area contributed by atoms with Gasteiger partial charge in [-0.1, -0.05) is 24.3 Å². The topological polar surface area (TPSA) is 60.9 Å². The molecule has 1 fully saturated rings. The van der Waals surface area contributed by atoms with Crippen molar-refractivity contribution in [1.29, 1.82) is 0 Å². The third-order valence-corrected chi connectivity index (χ3v) is 3.59. The number of nitrogens with zero attached hydrogens (tertiary/aromatic N) is 2. The lowest BCUT2D eigenvalue weighted by Crippen LogP contribution is -2.11. The first-order valence-corrected chi connectivity index (χ1v) is 5.91. The van der Waals surface area contributed by atoms with Crippen LogP contribution < -0.4 is 5.73 Å². The molecule has 88 valence electrons. The summed E-state index contributed by atoms with van der Waals surface area (Å²) in [7, 11) is 0. The fraction of sp³-hybridized carbons (Fsp3) is 0.143. The van der Waals surface area contributed by atoms with Crippen LogP contribution >= 0.6 is 0 Å². The highest BCUT2D eigenvalue weighted by Gasteiger charge is 2.34. The summed E-state index contributed by atoms with van der Waals surface area (Å²) < 4.78 is 1.93. The molecule has 4 nitrogen and oxygen atoms in total. The fourth-order valence-electron chi connectivity index (χ4n) is 2.64. The Bertz CT molecular complexity index is 701. The predicted octanol–water partition coefficient (Wildman–Crippen LogP) is 1.75. The van der Waals surface area contributed by atoms with Crippen LogP contribution in [-0.2, 0) is 0 Å². The van der Waals surface area contributed by atoms with E-state index in [4.69, 9.17) is 5.73 Å². The highest BCUT2D eigenvalue weighted by Crippen LogP contribution is 2.48. The van der Waals surface area contributed by atoms with Crippen LogP contribution in [0.1, 0.15) is 28.7 Å². The average molecular weight is 237 g/mol. The van der Waals surface area contributed by atoms with Crippen LogP contribution in [0.15, 0.2) is 47.2 Å². The molecular weight excluding hydrogens is 226 g/mol. The summed E-state index contributed by atoms with van der Waals surface area (Å²) in [5, 5.41) is 0. The summed E-state index contributed by atoms with van der Waals surface area (Å²) in [4.78, 5) is 15.6. The zero-order chi connectivity index (χ0) is 12.3. The van der Waals surface area contributed by atoms with Gasteiger partial charge in [0.1, 0.15) is 11.5 Å². The number of primary amides is 1. The molecular formula is C14H11N3O. The van der Waals surface area contributed by atoms with E-state index in [9.17, 15) is 4.79 Å². The quantitative estimate of drug-likeness (QED) is 0.808. The van der Waals surface area contributed by atoms with Crippen molar-refractivity contribution in [3.63, 3.8) is 0 Å². The summed E-state index contributed by atoms with van der Waals surface area (Å²) in [6.07, 6.45) is 13.1. The molecule has 2 heterocycles. The summed E-state index contributed by atoms with van der Waals surface area (Å²) >= 11 is 0. The SMILES string of the molecule is NC(=O)c1cn2c(n1)C1C=CC=CC1=C1CC1=C2. The minimum atomic E-state index is -0.481. The van der Waals surface area contributed by atoms with Gasteiger partial charge >= 0.3 is 0 Å². The van der Waals surface area contributed by atoms with Gasteiger partial charge in [-0.05, 0) is 23.1 Å². The molecule has 3 aliphatic rings. The van der Waals surface area contributed by atoms with Gasteiger partial charge in [0, 0.05) is 12.4 Å². The minimum absolute atomic E-state index is 0.134. The largest absolute Gasteiger partial charge is 0.364 e. The lowest BCUT2D eigenvalue weighted by atomic mass is 9.93. The van der Waals surface area contributed by atoms with Crippen molar-refractivity contribution in [1.82, 2.24) is 9.55 Å². The molecule has 0 aromatic carbocycles. The Kier molecular flexibility index (Phi) is 1.66. The third-order valence-electron chi connectivity index (χ3n) is 3.59. The molecule has 0 saturated heterocycles. The van der Waals surface area contributed by atoms with Crippen molar-refractivity contribution >= 4 is 12.1 Å². The molecule has 1 aromatic heterocycles. The number of carbonyl (C=O) groups is 1. The second-order valence-electron chi connectivity index (χ2n) is 4.74. The Morgan fingerprint density at radius 1 is 1.44 bits per heavy atom. The van der Waals surface area contributed by atoms with E-state index in [2.05, 4.69) is 23.3 Å². The number of amides is 1. The molecule has 1 unspecified atom stereocenters. The number of allylic oxidation sites excluding steroid dienone is 7. The summed E-state index contributed by atoms with van der Waals surface area (Å²) in [6, 6.07) is 0. The summed E-state index contributed by atoms with van der Waals surface area (Å²) in [5.74, 6) is 0.520. The molecule has 1 aliphatic heterocycles. The molecule has 1 saturated carbocycles. The maximum absolute atomic E-state index is 11.2. The molecule has 18 heavy (non-hydrogen) atoms. The second kappa shape index (κ2) is 3.10. The van der Waals surface area contributed by atoms with Crippen LogP contribution in [0.5, 0.6) is 0 Å². The number of rotatable bonds is 1. The van der Waals surface area contributed by atoms with Gasteiger partial charge in [-0.2, -0.15) is 0 Å². The van der Waals surface area contributed by atoms with Crippen molar-refractivity contribution in [2.75, 3.05) is 0 Å². The van der Waals surface area contributed by atoms with Crippen LogP contribution in [0.25, 0.3) is 6.20 Å². The molecule has 2 N–H and O–H groups in total. The van der Waals surface area contributed by atoms with Gasteiger partial charge < -0.3 is 10.3 Å². The first-order chi connectivity index (χ1) is 8.74. The van der Waals surface area contributed by atoms with Crippen LogP contribution in [0, 0.1) is 0 Å². The van der Waals surface area contributed by atoms with Crippen molar-refractivity contribution in [2.45, 2.75) is 12.3 Å². The van der Waals surface area contributed by atoms with Crippen molar-refractivity contribution in [3.8, 4) is 0 Å². The average Bonchev–Trinajstić information content (AvgIpc) is 3.01. The Hall–Kier alpha value is -2.36. The van der Waals surface area contributed by atoms with E-state index >= 15 is 0 Å². The van der Waals surface area contributed by atoms with Crippen LogP contribution in [0.4, 0.5) is 0 Å². The number of imidazole rings is 1. The van der Waals surface area contributed by atoms with Crippen LogP contribution in [0.2, 0.25) is 0 Å². The lowest BCUT2D eigenvalue weighted by molar-refractivity contribution is 0.0996. The van der Waals surface area contributed by atoms with E-state index in [1.807, 2.05) is 16.7 Å². The van der Waals surface area contributed by atoms with E-state index < -0.39 is 5.91 Å². The lowest BCUT2D eigenvalue weighted by Gasteiger charge is -2.15. The van der Waals surface area contributed by atoms with Gasteiger partial charge in [0.2, 0.25) is 0 Å². The zero-order valence-electron chi connectivity index (χ0n) is 9.63. The monoisotopic (exact) mass is 237 g/mol. The number of fused-ring (bicyclic) bond motifs is 4. The van der Waals surface area contributed by atoms with Gasteiger partial charge in [0.25, 0.3) is 5.91 Å². The van der Waals surface area contributed by atoms with Gasteiger partial charge in [-0.3, -0.25) is 4.79 Å². The minimum Gasteiger partial charge on any atom is -0.364 e. The highest BCUT2D eigenvalue weighted by molar-refractivity contribution is 5.91. The van der Waals surface area contributed by atoms with E-state index in [-0.39, 0.29) is 5.92 Å². The molecule has 2 aliphatic carbocycles. The Morgan fingerprint density at radius 2 is 2.33 bits per heavy atom. The number of hydrogen-bond donors (Lipinski definition) is 1. The van der Waals surface area contributed by atoms with E-state index in [0.29, 0.717) is 5.69 Å². The number of hydrogen-bond acceptors (Lipinski definition) is 2. The summed E-state index contributed by atoms with van der Waals surface area (Å²) in [6.45, 7) is 0. The number of aromatic nitrogens is 2. The van der Waals surface area contributed by atoms with Gasteiger partial charge in [0.15, 0.2) is 0 Å². The maximum Gasteiger partial charge on any atom is 0.268 e. The molecule has 1 amide bonds. The number of nitrogens with two attached hydrogens (primary N) is 1. The highest BCUT2D eigenvalue weighted by atomic mass is 16.1. The van der Waals surface area contributed by atoms with Gasteiger partial charge in [-0.15, -0.1) is 0 Å². The molecule has 1 aromatic rings. The zero-order valence-corrected chi connectivity index (χ0v) is 9.63. The Balaban J connectivity index is 1.95. The molecule has 4 heteroatoms. The van der Waals surface area contributed by atoms with E-state index in [1.165, 1.54) is 16.7 Å². The van der Waals surface area contributed by atoms with Crippen molar-refractivity contribution in [2.24, 2.45) is 5.73 Å². The molecule has 0 spiro atoms. The Labute approximate surface area is 104 Å².